The smallest absolute Gasteiger partial charge is 0.435 e. The van der Waals surface area contributed by atoms with Crippen LogP contribution in [0.4, 0.5) is 22.0 Å². The quantitative estimate of drug-likeness (QED) is 0.566. The van der Waals surface area contributed by atoms with Gasteiger partial charge in [-0.1, -0.05) is 0 Å². The van der Waals surface area contributed by atoms with Crippen LogP contribution in [0.1, 0.15) is 48.4 Å². The Morgan fingerprint density at radius 3 is 2.38 bits per heavy atom. The molecule has 1 aliphatic heterocycles. The molecule has 2 aromatic heterocycles. The molecule has 0 N–H and O–H groups in total. The third-order valence-electron chi connectivity index (χ3n) is 5.96. The topological polar surface area (TPSA) is 66.9 Å². The summed E-state index contributed by atoms with van der Waals surface area (Å²) in [5, 5.41) is 7.80. The minimum Gasteiger partial charge on any atom is -0.474 e. The summed E-state index contributed by atoms with van der Waals surface area (Å²) < 4.78 is 75.1. The van der Waals surface area contributed by atoms with Crippen molar-refractivity contribution in [3.8, 4) is 5.88 Å². The number of fused-ring (bicyclic) bond motifs is 1. The van der Waals surface area contributed by atoms with Crippen molar-refractivity contribution in [3.05, 3.63) is 63.5 Å². The zero-order valence-corrected chi connectivity index (χ0v) is 16.8. The number of halogens is 5. The number of aromatic nitrogens is 5. The van der Waals surface area contributed by atoms with Crippen molar-refractivity contribution >= 4 is 0 Å². The Morgan fingerprint density at radius 2 is 1.75 bits per heavy atom. The molecule has 1 fully saturated rings. The standard InChI is InChI=1S/C20H18F5N5O2/c1-28-18(9-16(26-28)20(23,24)25)32-14-7-13(8-14)30-19(31)29-15(2-3-17(29)27-30)10-4-11(21)6-12(22)5-10/h4-6,9,13-15H,2-3,7-8H2,1H3/t13-,14-,15-/m0/s1. The molecule has 0 bridgehead atoms. The normalized spacial score (nSPS) is 22.6. The van der Waals surface area contributed by atoms with Crippen molar-refractivity contribution in [3.63, 3.8) is 0 Å². The lowest BCUT2D eigenvalue weighted by molar-refractivity contribution is -0.141. The average Bonchev–Trinajstić information content (AvgIpc) is 3.32. The summed E-state index contributed by atoms with van der Waals surface area (Å²) >= 11 is 0. The number of hydrogen-bond donors (Lipinski definition) is 0. The van der Waals surface area contributed by atoms with Gasteiger partial charge < -0.3 is 4.74 Å². The molecule has 2 aliphatic rings. The van der Waals surface area contributed by atoms with E-state index < -0.39 is 29.5 Å². The fourth-order valence-electron chi connectivity index (χ4n) is 4.34. The molecule has 0 unspecified atom stereocenters. The Labute approximate surface area is 178 Å². The fourth-order valence-corrected chi connectivity index (χ4v) is 4.34. The van der Waals surface area contributed by atoms with Crippen LogP contribution in [-0.2, 0) is 19.6 Å². The van der Waals surface area contributed by atoms with E-state index in [0.29, 0.717) is 37.1 Å². The van der Waals surface area contributed by atoms with Crippen molar-refractivity contribution in [1.29, 1.82) is 0 Å². The largest absolute Gasteiger partial charge is 0.474 e. The first-order chi connectivity index (χ1) is 15.1. The zero-order valence-electron chi connectivity index (χ0n) is 16.8. The molecular formula is C20H18F5N5O2. The van der Waals surface area contributed by atoms with Gasteiger partial charge in [-0.15, -0.1) is 0 Å². The van der Waals surface area contributed by atoms with Gasteiger partial charge in [0.25, 0.3) is 0 Å². The number of alkyl halides is 3. The molecule has 0 spiro atoms. The van der Waals surface area contributed by atoms with Gasteiger partial charge in [0.05, 0.1) is 12.1 Å². The molecule has 0 amide bonds. The van der Waals surface area contributed by atoms with Crippen LogP contribution in [0.3, 0.4) is 0 Å². The number of benzene rings is 1. The van der Waals surface area contributed by atoms with Crippen LogP contribution in [0.2, 0.25) is 0 Å². The summed E-state index contributed by atoms with van der Waals surface area (Å²) in [4.78, 5) is 13.0. The van der Waals surface area contributed by atoms with E-state index >= 15 is 0 Å². The minimum atomic E-state index is -4.56. The van der Waals surface area contributed by atoms with Crippen LogP contribution in [-0.4, -0.2) is 30.2 Å². The minimum absolute atomic E-state index is 0.00588. The van der Waals surface area contributed by atoms with Gasteiger partial charge in [-0.3, -0.25) is 4.57 Å². The third kappa shape index (κ3) is 3.47. The molecule has 12 heteroatoms. The first-order valence-corrected chi connectivity index (χ1v) is 10.0. The van der Waals surface area contributed by atoms with Crippen molar-refractivity contribution in [2.24, 2.45) is 7.05 Å². The summed E-state index contributed by atoms with van der Waals surface area (Å²) in [6, 6.07) is 3.27. The van der Waals surface area contributed by atoms with Crippen molar-refractivity contribution in [1.82, 2.24) is 24.1 Å². The highest BCUT2D eigenvalue weighted by Crippen LogP contribution is 2.37. The summed E-state index contributed by atoms with van der Waals surface area (Å²) in [6.45, 7) is 0. The predicted molar refractivity (Wildman–Crippen MR) is 100 cm³/mol. The summed E-state index contributed by atoms with van der Waals surface area (Å²) in [5.74, 6) is -0.891. The molecule has 0 saturated heterocycles. The summed E-state index contributed by atoms with van der Waals surface area (Å²) in [7, 11) is 1.36. The number of aryl methyl sites for hydroxylation is 2. The highest BCUT2D eigenvalue weighted by Gasteiger charge is 2.39. The van der Waals surface area contributed by atoms with E-state index in [4.69, 9.17) is 4.74 Å². The first-order valence-electron chi connectivity index (χ1n) is 10.0. The van der Waals surface area contributed by atoms with Gasteiger partial charge in [0.15, 0.2) is 5.69 Å². The van der Waals surface area contributed by atoms with Gasteiger partial charge in [0.2, 0.25) is 5.88 Å². The Bertz CT molecular complexity index is 1220. The third-order valence-corrected chi connectivity index (χ3v) is 5.96. The van der Waals surface area contributed by atoms with Gasteiger partial charge in [0, 0.05) is 38.4 Å². The zero-order chi connectivity index (χ0) is 22.8. The Kier molecular flexibility index (Phi) is 4.64. The molecule has 5 rings (SSSR count). The maximum Gasteiger partial charge on any atom is 0.435 e. The number of rotatable bonds is 4. The fraction of sp³-hybridized carbons (Fsp3) is 0.450. The molecule has 3 heterocycles. The van der Waals surface area contributed by atoms with E-state index in [2.05, 4.69) is 10.2 Å². The first kappa shape index (κ1) is 20.7. The number of nitrogens with zero attached hydrogens (tertiary/aromatic N) is 5. The lowest BCUT2D eigenvalue weighted by Gasteiger charge is -2.34. The number of ether oxygens (including phenoxy) is 1. The van der Waals surface area contributed by atoms with E-state index in [1.54, 1.807) is 0 Å². The highest BCUT2D eigenvalue weighted by atomic mass is 19.4. The molecule has 1 aromatic carbocycles. The Morgan fingerprint density at radius 1 is 1.06 bits per heavy atom. The molecule has 1 saturated carbocycles. The van der Waals surface area contributed by atoms with Crippen LogP contribution < -0.4 is 10.4 Å². The molecule has 7 nitrogen and oxygen atoms in total. The summed E-state index contributed by atoms with van der Waals surface area (Å²) in [5.41, 5.74) is -1.04. The van der Waals surface area contributed by atoms with Crippen molar-refractivity contribution in [2.45, 2.75) is 50.0 Å². The van der Waals surface area contributed by atoms with Gasteiger partial charge in [-0.05, 0) is 24.1 Å². The van der Waals surface area contributed by atoms with Crippen LogP contribution in [0, 0.1) is 11.6 Å². The van der Waals surface area contributed by atoms with Crippen molar-refractivity contribution < 1.29 is 26.7 Å². The summed E-state index contributed by atoms with van der Waals surface area (Å²) in [6.07, 6.45) is -3.16. The second kappa shape index (κ2) is 7.17. The van der Waals surface area contributed by atoms with Gasteiger partial charge in [-0.2, -0.15) is 23.4 Å². The molecule has 1 aliphatic carbocycles. The SMILES string of the molecule is Cn1nc(C(F)(F)F)cc1O[C@H]1C[C@H](n2nc3n(c2=O)[C@H](c2cc(F)cc(F)c2)CC3)C1. The Hall–Kier alpha value is -3.18. The molecular weight excluding hydrogens is 437 g/mol. The molecule has 1 atom stereocenters. The Balaban J connectivity index is 1.31. The maximum absolute atomic E-state index is 13.6. The monoisotopic (exact) mass is 455 g/mol. The van der Waals surface area contributed by atoms with Gasteiger partial charge in [-0.25, -0.2) is 22.9 Å². The average molecular weight is 455 g/mol. The maximum atomic E-state index is 13.6. The van der Waals surface area contributed by atoms with E-state index in [9.17, 15) is 26.7 Å². The highest BCUT2D eigenvalue weighted by molar-refractivity contribution is 5.25. The van der Waals surface area contributed by atoms with Gasteiger partial charge in [0.1, 0.15) is 23.6 Å². The lowest BCUT2D eigenvalue weighted by Crippen LogP contribution is -2.41. The van der Waals surface area contributed by atoms with Gasteiger partial charge >= 0.3 is 11.9 Å². The lowest BCUT2D eigenvalue weighted by atomic mass is 9.89. The van der Waals surface area contributed by atoms with E-state index in [1.165, 1.54) is 28.4 Å². The number of hydrogen-bond acceptors (Lipinski definition) is 4. The van der Waals surface area contributed by atoms with Crippen LogP contribution in [0.15, 0.2) is 29.1 Å². The molecule has 170 valence electrons. The van der Waals surface area contributed by atoms with Crippen LogP contribution in [0.5, 0.6) is 5.88 Å². The molecule has 3 aromatic rings. The van der Waals surface area contributed by atoms with Crippen molar-refractivity contribution in [2.75, 3.05) is 0 Å². The second-order valence-corrected chi connectivity index (χ2v) is 8.12. The van der Waals surface area contributed by atoms with E-state index in [1.807, 2.05) is 0 Å². The predicted octanol–water partition coefficient (Wildman–Crippen LogP) is 3.39. The molecule has 32 heavy (non-hydrogen) atoms. The molecule has 0 radical (unpaired) electrons. The van der Waals surface area contributed by atoms with E-state index in [0.717, 1.165) is 16.8 Å². The van der Waals surface area contributed by atoms with Crippen LogP contribution in [0.25, 0.3) is 0 Å². The van der Waals surface area contributed by atoms with E-state index in [-0.39, 0.29) is 23.7 Å². The second-order valence-electron chi connectivity index (χ2n) is 8.12. The van der Waals surface area contributed by atoms with Crippen LogP contribution >= 0.6 is 0 Å².